The van der Waals surface area contributed by atoms with Crippen LogP contribution in [0.5, 0.6) is 11.5 Å². The largest absolute Gasteiger partial charge is 0.497 e. The lowest BCUT2D eigenvalue weighted by Gasteiger charge is -2.15. The van der Waals surface area contributed by atoms with Gasteiger partial charge in [0.15, 0.2) is 17.7 Å². The van der Waals surface area contributed by atoms with Crippen molar-refractivity contribution in [1.29, 1.82) is 0 Å². The van der Waals surface area contributed by atoms with Crippen molar-refractivity contribution >= 4 is 5.91 Å². The topological polar surface area (TPSA) is 82.5 Å². The number of halogens is 2. The third-order valence-corrected chi connectivity index (χ3v) is 4.42. The first kappa shape index (κ1) is 21.9. The van der Waals surface area contributed by atoms with E-state index >= 15 is 0 Å². The predicted octanol–water partition coefficient (Wildman–Crippen LogP) is 2.78. The smallest absolute Gasteiger partial charge is 0.266 e. The Kier molecular flexibility index (Phi) is 6.96. The number of carbonyl (C=O) groups is 1. The zero-order valence-electron chi connectivity index (χ0n) is 17.0. The van der Waals surface area contributed by atoms with E-state index < -0.39 is 23.6 Å². The van der Waals surface area contributed by atoms with Gasteiger partial charge in [-0.15, -0.1) is 0 Å². The second-order valence-corrected chi connectivity index (χ2v) is 6.64. The van der Waals surface area contributed by atoms with Crippen LogP contribution in [-0.4, -0.2) is 35.4 Å². The summed E-state index contributed by atoms with van der Waals surface area (Å²) in [4.78, 5) is 24.3. The fourth-order valence-corrected chi connectivity index (χ4v) is 2.79. The Morgan fingerprint density at radius 2 is 1.97 bits per heavy atom. The molecule has 0 aliphatic heterocycles. The van der Waals surface area contributed by atoms with E-state index in [4.69, 9.17) is 9.47 Å². The van der Waals surface area contributed by atoms with Crippen LogP contribution in [-0.2, 0) is 11.3 Å². The average molecular weight is 429 g/mol. The summed E-state index contributed by atoms with van der Waals surface area (Å²) in [5.41, 5.74) is 1.03. The number of rotatable bonds is 8. The number of amides is 1. The van der Waals surface area contributed by atoms with Crippen molar-refractivity contribution in [3.8, 4) is 22.8 Å². The molecular weight excluding hydrogens is 408 g/mol. The molecule has 1 aromatic heterocycles. The molecule has 7 nitrogen and oxygen atoms in total. The first-order chi connectivity index (χ1) is 14.9. The maximum Gasteiger partial charge on any atom is 0.266 e. The minimum Gasteiger partial charge on any atom is -0.497 e. The van der Waals surface area contributed by atoms with Gasteiger partial charge in [0, 0.05) is 24.2 Å². The highest BCUT2D eigenvalue weighted by Gasteiger charge is 2.17. The third kappa shape index (κ3) is 5.65. The number of hydrogen-bond acceptors (Lipinski definition) is 5. The van der Waals surface area contributed by atoms with Gasteiger partial charge in [-0.1, -0.05) is 12.1 Å². The number of hydrogen-bond donors (Lipinski definition) is 1. The Balaban J connectivity index is 1.60. The number of nitrogens with zero attached hydrogens (tertiary/aromatic N) is 2. The quantitative estimate of drug-likeness (QED) is 0.596. The minimum absolute atomic E-state index is 0.104. The van der Waals surface area contributed by atoms with E-state index in [2.05, 4.69) is 10.4 Å². The van der Waals surface area contributed by atoms with Crippen LogP contribution in [0.25, 0.3) is 11.3 Å². The van der Waals surface area contributed by atoms with Crippen molar-refractivity contribution in [2.45, 2.75) is 19.6 Å². The van der Waals surface area contributed by atoms with E-state index in [1.807, 2.05) is 12.1 Å². The molecule has 162 valence electrons. The lowest BCUT2D eigenvalue weighted by Crippen LogP contribution is -2.39. The first-order valence-electron chi connectivity index (χ1n) is 9.49. The number of benzene rings is 2. The molecule has 3 aromatic rings. The van der Waals surface area contributed by atoms with Crippen LogP contribution in [0.1, 0.15) is 6.92 Å². The van der Waals surface area contributed by atoms with Crippen LogP contribution in [0.3, 0.4) is 0 Å². The summed E-state index contributed by atoms with van der Waals surface area (Å²) in [6, 6.07) is 13.1. The van der Waals surface area contributed by atoms with Crippen LogP contribution < -0.4 is 20.3 Å². The van der Waals surface area contributed by atoms with Gasteiger partial charge in [-0.3, -0.25) is 9.59 Å². The highest BCUT2D eigenvalue weighted by atomic mass is 19.1. The maximum atomic E-state index is 13.7. The van der Waals surface area contributed by atoms with Crippen LogP contribution >= 0.6 is 0 Å². The van der Waals surface area contributed by atoms with E-state index in [0.29, 0.717) is 17.5 Å². The van der Waals surface area contributed by atoms with Gasteiger partial charge < -0.3 is 14.8 Å². The summed E-state index contributed by atoms with van der Waals surface area (Å²) >= 11 is 0. The molecule has 2 aromatic carbocycles. The predicted molar refractivity (Wildman–Crippen MR) is 110 cm³/mol. The third-order valence-electron chi connectivity index (χ3n) is 4.42. The Hall–Kier alpha value is -3.75. The summed E-state index contributed by atoms with van der Waals surface area (Å²) in [5, 5.41) is 6.93. The number of carbonyl (C=O) groups excluding carboxylic acids is 1. The fraction of sp³-hybridized carbons (Fsp3) is 0.227. The Morgan fingerprint density at radius 3 is 2.71 bits per heavy atom. The zero-order valence-corrected chi connectivity index (χ0v) is 17.0. The van der Waals surface area contributed by atoms with Gasteiger partial charge in [0.1, 0.15) is 11.6 Å². The first-order valence-corrected chi connectivity index (χ1v) is 9.49. The van der Waals surface area contributed by atoms with Crippen LogP contribution in [0.4, 0.5) is 8.78 Å². The van der Waals surface area contributed by atoms with Gasteiger partial charge in [0.2, 0.25) is 0 Å². The molecule has 0 radical (unpaired) electrons. The Bertz CT molecular complexity index is 1130. The summed E-state index contributed by atoms with van der Waals surface area (Å²) in [6.07, 6.45) is -1.02. The summed E-state index contributed by atoms with van der Waals surface area (Å²) < 4.78 is 38.3. The molecular formula is C22H21F2N3O4. The van der Waals surface area contributed by atoms with Gasteiger partial charge >= 0.3 is 0 Å². The zero-order chi connectivity index (χ0) is 22.4. The molecule has 0 aliphatic carbocycles. The molecule has 1 heterocycles. The van der Waals surface area contributed by atoms with Gasteiger partial charge in [-0.2, -0.15) is 5.10 Å². The van der Waals surface area contributed by atoms with Gasteiger partial charge in [-0.25, -0.2) is 13.5 Å². The Labute approximate surface area is 177 Å². The molecule has 0 saturated carbocycles. The highest BCUT2D eigenvalue weighted by Crippen LogP contribution is 2.21. The molecule has 1 atom stereocenters. The molecule has 0 spiro atoms. The maximum absolute atomic E-state index is 13.7. The standard InChI is InChI=1S/C22H21F2N3O4/c1-14(31-20-8-6-16(23)13-18(20)24)22(29)25-10-11-27-21(28)9-7-19(26-27)15-4-3-5-17(12-15)30-2/h3-9,12-14H,10-11H2,1-2H3,(H,25,29). The Morgan fingerprint density at radius 1 is 1.16 bits per heavy atom. The average Bonchev–Trinajstić information content (AvgIpc) is 2.76. The number of aromatic nitrogens is 2. The van der Waals surface area contributed by atoms with E-state index in [-0.39, 0.29) is 24.4 Å². The summed E-state index contributed by atoms with van der Waals surface area (Å²) in [7, 11) is 1.56. The van der Waals surface area contributed by atoms with Crippen molar-refractivity contribution in [2.75, 3.05) is 13.7 Å². The second-order valence-electron chi connectivity index (χ2n) is 6.64. The molecule has 0 bridgehead atoms. The minimum atomic E-state index is -1.02. The van der Waals surface area contributed by atoms with E-state index in [9.17, 15) is 18.4 Å². The second kappa shape index (κ2) is 9.84. The number of methoxy groups -OCH3 is 1. The van der Waals surface area contributed by atoms with Crippen molar-refractivity contribution in [1.82, 2.24) is 15.1 Å². The van der Waals surface area contributed by atoms with E-state index in [1.165, 1.54) is 17.7 Å². The SMILES string of the molecule is COc1cccc(-c2ccc(=O)n(CCNC(=O)C(C)Oc3ccc(F)cc3F)n2)c1. The van der Waals surface area contributed by atoms with Gasteiger partial charge in [0.25, 0.3) is 11.5 Å². The molecule has 31 heavy (non-hydrogen) atoms. The fourth-order valence-electron chi connectivity index (χ4n) is 2.79. The molecule has 0 saturated heterocycles. The van der Waals surface area contributed by atoms with E-state index in [1.54, 1.807) is 25.3 Å². The molecule has 0 aliphatic rings. The van der Waals surface area contributed by atoms with Crippen molar-refractivity contribution in [3.63, 3.8) is 0 Å². The monoisotopic (exact) mass is 429 g/mol. The van der Waals surface area contributed by atoms with Crippen LogP contribution in [0.15, 0.2) is 59.4 Å². The summed E-state index contributed by atoms with van der Waals surface area (Å²) in [6.45, 7) is 1.67. The highest BCUT2D eigenvalue weighted by molar-refractivity contribution is 5.80. The van der Waals surface area contributed by atoms with Gasteiger partial charge in [-0.05, 0) is 37.3 Å². The molecule has 1 amide bonds. The van der Waals surface area contributed by atoms with Crippen molar-refractivity contribution in [2.24, 2.45) is 0 Å². The number of ether oxygens (including phenoxy) is 2. The lowest BCUT2D eigenvalue weighted by atomic mass is 10.1. The van der Waals surface area contributed by atoms with Crippen LogP contribution in [0, 0.1) is 11.6 Å². The molecule has 3 rings (SSSR count). The molecule has 0 fully saturated rings. The van der Waals surface area contributed by atoms with Gasteiger partial charge in [0.05, 0.1) is 19.3 Å². The molecule has 9 heteroatoms. The molecule has 1 N–H and O–H groups in total. The summed E-state index contributed by atoms with van der Waals surface area (Å²) in [5.74, 6) is -1.72. The van der Waals surface area contributed by atoms with Crippen molar-refractivity contribution < 1.29 is 23.0 Å². The van der Waals surface area contributed by atoms with Crippen molar-refractivity contribution in [3.05, 3.63) is 76.6 Å². The van der Waals surface area contributed by atoms with Crippen LogP contribution in [0.2, 0.25) is 0 Å². The molecule has 1 unspecified atom stereocenters. The number of nitrogens with one attached hydrogen (secondary N) is 1. The normalized spacial score (nSPS) is 11.6. The van der Waals surface area contributed by atoms with E-state index in [0.717, 1.165) is 17.7 Å². The lowest BCUT2D eigenvalue weighted by molar-refractivity contribution is -0.127.